The Bertz CT molecular complexity index is 1570. The van der Waals surface area contributed by atoms with E-state index in [4.69, 9.17) is 17.3 Å². The van der Waals surface area contributed by atoms with Crippen LogP contribution in [0.2, 0.25) is 5.02 Å². The number of carboxylic acids is 1. The molecule has 14 nitrogen and oxygen atoms in total. The standard InChI is InChI=1S/C31H38ClN7O7/c1-16(2)12-24(38-28(43)17(3)35-31(46)36-20-10-8-19(32)9-11-20)29(44)39-25(30(45)37-23(27(33)42)14-26(40)41)13-18-15-34-22-7-5-4-6-21(18)22/h4-11,15-17,23-25,34H,12-14H2,1-3H3,(H2,33,42)(H,37,45)(H,38,43)(H,39,44)(H,40,41)(H2,35,36,46)/t17-,23-,24-,25-/m0/s1. The number of benzene rings is 2. The molecule has 6 amide bonds. The summed E-state index contributed by atoms with van der Waals surface area (Å²) >= 11 is 5.87. The molecule has 1 aromatic heterocycles. The Balaban J connectivity index is 1.77. The minimum atomic E-state index is -1.52. The van der Waals surface area contributed by atoms with Crippen molar-refractivity contribution in [3.05, 3.63) is 65.3 Å². The van der Waals surface area contributed by atoms with E-state index in [0.717, 1.165) is 10.9 Å². The zero-order valence-corrected chi connectivity index (χ0v) is 26.3. The number of H-pyrrole nitrogens is 1. The number of para-hydroxylation sites is 1. The van der Waals surface area contributed by atoms with Crippen molar-refractivity contribution in [2.75, 3.05) is 5.32 Å². The molecule has 0 aliphatic rings. The van der Waals surface area contributed by atoms with E-state index in [0.29, 0.717) is 16.3 Å². The molecule has 3 rings (SSSR count). The molecular weight excluding hydrogens is 618 g/mol. The number of amides is 6. The fourth-order valence-corrected chi connectivity index (χ4v) is 4.76. The molecule has 15 heteroatoms. The van der Waals surface area contributed by atoms with Crippen LogP contribution in [0.15, 0.2) is 54.7 Å². The number of aromatic amines is 1. The molecule has 3 aromatic rings. The molecule has 4 atom stereocenters. The van der Waals surface area contributed by atoms with E-state index in [1.54, 1.807) is 30.5 Å². The predicted octanol–water partition coefficient (Wildman–Crippen LogP) is 2.03. The lowest BCUT2D eigenvalue weighted by molar-refractivity contribution is -0.140. The number of aliphatic carboxylic acids is 1. The Morgan fingerprint density at radius 1 is 0.826 bits per heavy atom. The highest BCUT2D eigenvalue weighted by Gasteiger charge is 2.31. The lowest BCUT2D eigenvalue weighted by Gasteiger charge is -2.26. The minimum Gasteiger partial charge on any atom is -0.481 e. The number of carbonyl (C=O) groups is 6. The van der Waals surface area contributed by atoms with Crippen LogP contribution in [0.25, 0.3) is 10.9 Å². The van der Waals surface area contributed by atoms with Crippen LogP contribution in [-0.2, 0) is 30.4 Å². The molecule has 0 saturated heterocycles. The molecule has 1 heterocycles. The first-order valence-electron chi connectivity index (χ1n) is 14.5. The van der Waals surface area contributed by atoms with E-state index >= 15 is 0 Å². The molecule has 0 fully saturated rings. The number of hydrogen-bond donors (Lipinski definition) is 8. The van der Waals surface area contributed by atoms with Crippen molar-refractivity contribution in [1.29, 1.82) is 0 Å². The topological polar surface area (TPSA) is 225 Å². The van der Waals surface area contributed by atoms with Crippen molar-refractivity contribution in [3.63, 3.8) is 0 Å². The van der Waals surface area contributed by atoms with Gasteiger partial charge in [0.15, 0.2) is 0 Å². The second-order valence-corrected chi connectivity index (χ2v) is 11.6. The molecule has 0 aliphatic carbocycles. The Kier molecular flexibility index (Phi) is 12.5. The maximum absolute atomic E-state index is 13.6. The van der Waals surface area contributed by atoms with Gasteiger partial charge in [-0.2, -0.15) is 0 Å². The average Bonchev–Trinajstić information content (AvgIpc) is 3.39. The van der Waals surface area contributed by atoms with Crippen LogP contribution in [0, 0.1) is 5.92 Å². The first kappa shape index (κ1) is 35.4. The highest BCUT2D eigenvalue weighted by atomic mass is 35.5. The van der Waals surface area contributed by atoms with Crippen LogP contribution >= 0.6 is 11.6 Å². The van der Waals surface area contributed by atoms with E-state index in [1.165, 1.54) is 6.92 Å². The number of nitrogens with one attached hydrogen (secondary N) is 6. The lowest BCUT2D eigenvalue weighted by Crippen LogP contribution is -2.58. The van der Waals surface area contributed by atoms with Crippen molar-refractivity contribution >= 4 is 63.8 Å². The van der Waals surface area contributed by atoms with Gasteiger partial charge in [0.2, 0.25) is 23.6 Å². The number of nitrogens with two attached hydrogens (primary N) is 1. The third-order valence-corrected chi connectivity index (χ3v) is 7.21. The highest BCUT2D eigenvalue weighted by molar-refractivity contribution is 6.30. The summed E-state index contributed by atoms with van der Waals surface area (Å²) in [5, 5.41) is 23.2. The van der Waals surface area contributed by atoms with Crippen LogP contribution in [0.5, 0.6) is 0 Å². The maximum atomic E-state index is 13.6. The van der Waals surface area contributed by atoms with E-state index < -0.39 is 66.2 Å². The van der Waals surface area contributed by atoms with E-state index in [1.807, 2.05) is 38.1 Å². The smallest absolute Gasteiger partial charge is 0.319 e. The number of carboxylic acid groups (broad SMARTS) is 1. The fraction of sp³-hybridized carbons (Fsp3) is 0.355. The van der Waals surface area contributed by atoms with Crippen molar-refractivity contribution in [2.24, 2.45) is 11.7 Å². The third kappa shape index (κ3) is 10.5. The summed E-state index contributed by atoms with van der Waals surface area (Å²) in [5.41, 5.74) is 7.22. The SMILES string of the molecule is CC(C)C[C@H](NC(=O)[C@H](C)NC(=O)Nc1ccc(Cl)cc1)C(=O)N[C@@H](Cc1c[nH]c2ccccc12)C(=O)N[C@@H](CC(=O)O)C(N)=O. The quantitative estimate of drug-likeness (QED) is 0.121. The summed E-state index contributed by atoms with van der Waals surface area (Å²) in [6.07, 6.45) is 1.07. The molecule has 246 valence electrons. The Hall–Kier alpha value is -5.11. The number of aromatic nitrogens is 1. The summed E-state index contributed by atoms with van der Waals surface area (Å²) in [4.78, 5) is 78.8. The molecule has 0 unspecified atom stereocenters. The monoisotopic (exact) mass is 655 g/mol. The number of hydrogen-bond acceptors (Lipinski definition) is 6. The first-order chi connectivity index (χ1) is 21.7. The van der Waals surface area contributed by atoms with Crippen LogP contribution < -0.4 is 32.3 Å². The van der Waals surface area contributed by atoms with Gasteiger partial charge in [0.1, 0.15) is 24.2 Å². The van der Waals surface area contributed by atoms with Gasteiger partial charge in [-0.3, -0.25) is 24.0 Å². The summed E-state index contributed by atoms with van der Waals surface area (Å²) in [6, 6.07) is 8.04. The molecule has 46 heavy (non-hydrogen) atoms. The fourth-order valence-electron chi connectivity index (χ4n) is 4.63. The number of fused-ring (bicyclic) bond motifs is 1. The van der Waals surface area contributed by atoms with Crippen LogP contribution in [0.3, 0.4) is 0 Å². The highest BCUT2D eigenvalue weighted by Crippen LogP contribution is 2.20. The van der Waals surface area contributed by atoms with Gasteiger partial charge in [0, 0.05) is 34.2 Å². The Labute approximate surface area is 270 Å². The lowest BCUT2D eigenvalue weighted by atomic mass is 10.00. The number of urea groups is 1. The predicted molar refractivity (Wildman–Crippen MR) is 172 cm³/mol. The van der Waals surface area contributed by atoms with Gasteiger partial charge >= 0.3 is 12.0 Å². The Morgan fingerprint density at radius 3 is 2.07 bits per heavy atom. The third-order valence-electron chi connectivity index (χ3n) is 6.95. The number of halogens is 1. The van der Waals surface area contributed by atoms with Crippen LogP contribution in [-0.4, -0.2) is 69.9 Å². The second-order valence-electron chi connectivity index (χ2n) is 11.2. The molecule has 9 N–H and O–H groups in total. The molecule has 0 spiro atoms. The van der Waals surface area contributed by atoms with Crippen molar-refractivity contribution in [3.8, 4) is 0 Å². The summed E-state index contributed by atoms with van der Waals surface area (Å²) < 4.78 is 0. The number of carbonyl (C=O) groups excluding carboxylic acids is 5. The van der Waals surface area contributed by atoms with E-state index in [2.05, 4.69) is 31.6 Å². The van der Waals surface area contributed by atoms with Gasteiger partial charge in [-0.25, -0.2) is 4.79 Å². The van der Waals surface area contributed by atoms with Gasteiger partial charge in [-0.1, -0.05) is 43.6 Å². The molecule has 0 aliphatic heterocycles. The van der Waals surface area contributed by atoms with Crippen molar-refractivity contribution in [1.82, 2.24) is 26.3 Å². The number of anilines is 1. The average molecular weight is 656 g/mol. The zero-order chi connectivity index (χ0) is 34.0. The summed E-state index contributed by atoms with van der Waals surface area (Å²) in [7, 11) is 0. The van der Waals surface area contributed by atoms with Gasteiger partial charge in [-0.15, -0.1) is 0 Å². The summed E-state index contributed by atoms with van der Waals surface area (Å²) in [6.45, 7) is 5.13. The molecule has 0 saturated carbocycles. The Morgan fingerprint density at radius 2 is 1.43 bits per heavy atom. The van der Waals surface area contributed by atoms with Gasteiger partial charge in [0.05, 0.1) is 6.42 Å². The van der Waals surface area contributed by atoms with Gasteiger partial charge in [0.25, 0.3) is 0 Å². The minimum absolute atomic E-state index is 0.0364. The van der Waals surface area contributed by atoms with Crippen molar-refractivity contribution in [2.45, 2.75) is 64.2 Å². The molecule has 0 radical (unpaired) electrons. The molecular formula is C31H38ClN7O7. The van der Waals surface area contributed by atoms with Gasteiger partial charge < -0.3 is 42.4 Å². The normalized spacial score (nSPS) is 13.6. The van der Waals surface area contributed by atoms with Crippen LogP contribution in [0.1, 0.15) is 39.2 Å². The van der Waals surface area contributed by atoms with Crippen LogP contribution in [0.4, 0.5) is 10.5 Å². The van der Waals surface area contributed by atoms with E-state index in [9.17, 15) is 33.9 Å². The van der Waals surface area contributed by atoms with Crippen molar-refractivity contribution < 1.29 is 33.9 Å². The first-order valence-corrected chi connectivity index (χ1v) is 14.9. The maximum Gasteiger partial charge on any atom is 0.319 e. The van der Waals surface area contributed by atoms with Gasteiger partial charge in [-0.05, 0) is 55.2 Å². The number of rotatable bonds is 15. The molecule has 2 aromatic carbocycles. The second kappa shape index (κ2) is 16.3. The molecule has 0 bridgehead atoms. The summed E-state index contributed by atoms with van der Waals surface area (Å²) in [5.74, 6) is -4.67. The number of primary amides is 1. The zero-order valence-electron chi connectivity index (χ0n) is 25.6. The largest absolute Gasteiger partial charge is 0.481 e. The van der Waals surface area contributed by atoms with E-state index in [-0.39, 0.29) is 18.8 Å².